The van der Waals surface area contributed by atoms with Crippen LogP contribution < -0.4 is 0 Å². The van der Waals surface area contributed by atoms with Crippen molar-refractivity contribution >= 4 is 5.97 Å². The third-order valence-electron chi connectivity index (χ3n) is 5.00. The van der Waals surface area contributed by atoms with E-state index in [1.54, 1.807) is 0 Å². The van der Waals surface area contributed by atoms with Gasteiger partial charge in [0.1, 0.15) is 6.04 Å². The molecule has 1 atom stereocenters. The molecule has 2 heterocycles. The molecule has 1 aliphatic heterocycles. The number of carbonyl (C=O) groups is 1. The summed E-state index contributed by atoms with van der Waals surface area (Å²) in [5.41, 5.74) is 3.47. The molecule has 3 rings (SSSR count). The Morgan fingerprint density at radius 1 is 1.29 bits per heavy atom. The number of nitrogens with zero attached hydrogens (tertiary/aromatic N) is 3. The van der Waals surface area contributed by atoms with Gasteiger partial charge in [0.05, 0.1) is 13.3 Å². The van der Waals surface area contributed by atoms with E-state index in [0.717, 1.165) is 37.1 Å². The van der Waals surface area contributed by atoms with Gasteiger partial charge in [-0.25, -0.2) is 4.79 Å². The lowest BCUT2D eigenvalue weighted by atomic mass is 9.89. The second kappa shape index (κ2) is 7.18. The molecule has 0 unspecified atom stereocenters. The summed E-state index contributed by atoms with van der Waals surface area (Å²) in [7, 11) is 3.42. The predicted octanol–water partition coefficient (Wildman–Crippen LogP) is 2.82. The van der Waals surface area contributed by atoms with E-state index in [2.05, 4.69) is 16.2 Å². The highest BCUT2D eigenvalue weighted by Crippen LogP contribution is 2.33. The molecule has 128 valence electrons. The van der Waals surface area contributed by atoms with Gasteiger partial charge in [-0.05, 0) is 55.5 Å². The van der Waals surface area contributed by atoms with Crippen molar-refractivity contribution in [2.45, 2.75) is 31.7 Å². The van der Waals surface area contributed by atoms with Crippen LogP contribution in [-0.2, 0) is 16.6 Å². The molecule has 5 heteroatoms. The van der Waals surface area contributed by atoms with Crippen molar-refractivity contribution in [2.75, 3.05) is 20.2 Å². The lowest BCUT2D eigenvalue weighted by molar-refractivity contribution is -0.147. The third kappa shape index (κ3) is 3.36. The molecule has 24 heavy (non-hydrogen) atoms. The summed E-state index contributed by atoms with van der Waals surface area (Å²) in [6.45, 7) is 3.81. The van der Waals surface area contributed by atoms with Crippen molar-refractivity contribution in [1.82, 2.24) is 14.7 Å². The molecule has 0 aliphatic carbocycles. The Bertz CT molecular complexity index is 702. The van der Waals surface area contributed by atoms with E-state index in [-0.39, 0.29) is 12.0 Å². The molecule has 0 saturated carbocycles. The fourth-order valence-electron chi connectivity index (χ4n) is 3.62. The maximum absolute atomic E-state index is 12.4. The summed E-state index contributed by atoms with van der Waals surface area (Å²) in [6, 6.07) is 7.76. The Labute approximate surface area is 143 Å². The van der Waals surface area contributed by atoms with Crippen LogP contribution in [0.3, 0.4) is 0 Å². The minimum absolute atomic E-state index is 0.177. The van der Waals surface area contributed by atoms with Crippen LogP contribution in [-0.4, -0.2) is 40.8 Å². The minimum Gasteiger partial charge on any atom is -0.468 e. The van der Waals surface area contributed by atoms with Crippen LogP contribution in [0.1, 0.15) is 41.5 Å². The summed E-state index contributed by atoms with van der Waals surface area (Å²) in [5, 5.41) is 4.28. The second-order valence-corrected chi connectivity index (χ2v) is 6.54. The van der Waals surface area contributed by atoms with E-state index < -0.39 is 0 Å². The number of likely N-dealkylation sites (tertiary alicyclic amines) is 1. The first-order valence-electron chi connectivity index (χ1n) is 8.46. The normalized spacial score (nSPS) is 17.6. The highest BCUT2D eigenvalue weighted by atomic mass is 16.5. The number of methoxy groups -OCH3 is 1. The molecule has 0 bridgehead atoms. The molecule has 0 amide bonds. The standard InChI is InChI=1S/C19H25N3O2/c1-14-6-4-5-7-17(14)18(19(23)24-3)22-10-8-15(9-11-22)16-12-20-21(2)13-16/h4-7,12-13,15,18H,8-11H2,1-3H3/t18-/m0/s1. The number of aromatic nitrogens is 2. The van der Waals surface area contributed by atoms with Gasteiger partial charge in [0.2, 0.25) is 0 Å². The van der Waals surface area contributed by atoms with E-state index >= 15 is 0 Å². The van der Waals surface area contributed by atoms with Crippen LogP contribution in [0.15, 0.2) is 36.7 Å². The summed E-state index contributed by atoms with van der Waals surface area (Å²) >= 11 is 0. The number of rotatable bonds is 4. The number of carbonyl (C=O) groups excluding carboxylic acids is 1. The molecular formula is C19H25N3O2. The largest absolute Gasteiger partial charge is 0.468 e. The van der Waals surface area contributed by atoms with Gasteiger partial charge in [0, 0.05) is 13.2 Å². The second-order valence-electron chi connectivity index (χ2n) is 6.54. The zero-order valence-electron chi connectivity index (χ0n) is 14.6. The predicted molar refractivity (Wildman–Crippen MR) is 92.7 cm³/mol. The van der Waals surface area contributed by atoms with Crippen LogP contribution >= 0.6 is 0 Å². The zero-order chi connectivity index (χ0) is 17.1. The number of esters is 1. The summed E-state index contributed by atoms with van der Waals surface area (Å²) in [5.74, 6) is 0.342. The van der Waals surface area contributed by atoms with Crippen LogP contribution in [0, 0.1) is 6.92 Å². The first-order chi connectivity index (χ1) is 11.6. The number of hydrogen-bond acceptors (Lipinski definition) is 4. The Morgan fingerprint density at radius 3 is 2.58 bits per heavy atom. The van der Waals surface area contributed by atoms with Gasteiger partial charge in [-0.3, -0.25) is 9.58 Å². The number of ether oxygens (including phenoxy) is 1. The van der Waals surface area contributed by atoms with Crippen LogP contribution in [0.25, 0.3) is 0 Å². The van der Waals surface area contributed by atoms with Gasteiger partial charge in [0.25, 0.3) is 0 Å². The SMILES string of the molecule is COC(=O)[C@H](c1ccccc1C)N1CCC(c2cnn(C)c2)CC1. The van der Waals surface area contributed by atoms with E-state index in [4.69, 9.17) is 4.74 Å². The fraction of sp³-hybridized carbons (Fsp3) is 0.474. The molecular weight excluding hydrogens is 302 g/mol. The van der Waals surface area contributed by atoms with E-state index in [0.29, 0.717) is 5.92 Å². The molecule has 1 aliphatic rings. The molecule has 0 spiro atoms. The number of piperidine rings is 1. The summed E-state index contributed by atoms with van der Waals surface area (Å²) < 4.78 is 6.95. The van der Waals surface area contributed by atoms with Crippen molar-refractivity contribution in [3.63, 3.8) is 0 Å². The monoisotopic (exact) mass is 327 g/mol. The Kier molecular flexibility index (Phi) is 5.00. The molecule has 0 N–H and O–H groups in total. The molecule has 1 aromatic heterocycles. The molecule has 0 radical (unpaired) electrons. The van der Waals surface area contributed by atoms with Crippen molar-refractivity contribution in [3.8, 4) is 0 Å². The average Bonchev–Trinajstić information content (AvgIpc) is 3.03. The van der Waals surface area contributed by atoms with Crippen LogP contribution in [0.4, 0.5) is 0 Å². The summed E-state index contributed by atoms with van der Waals surface area (Å²) in [4.78, 5) is 14.7. The number of aryl methyl sites for hydroxylation is 2. The topological polar surface area (TPSA) is 47.4 Å². The molecule has 1 fully saturated rings. The van der Waals surface area contributed by atoms with E-state index in [9.17, 15) is 4.79 Å². The minimum atomic E-state index is -0.314. The van der Waals surface area contributed by atoms with E-state index in [1.165, 1.54) is 12.7 Å². The maximum atomic E-state index is 12.4. The highest BCUT2D eigenvalue weighted by molar-refractivity contribution is 5.78. The first kappa shape index (κ1) is 16.7. The third-order valence-corrected chi connectivity index (χ3v) is 5.00. The summed E-state index contributed by atoms with van der Waals surface area (Å²) in [6.07, 6.45) is 6.12. The first-order valence-corrected chi connectivity index (χ1v) is 8.46. The van der Waals surface area contributed by atoms with Gasteiger partial charge in [-0.1, -0.05) is 24.3 Å². The van der Waals surface area contributed by atoms with Crippen molar-refractivity contribution < 1.29 is 9.53 Å². The zero-order valence-corrected chi connectivity index (χ0v) is 14.6. The highest BCUT2D eigenvalue weighted by Gasteiger charge is 2.33. The lowest BCUT2D eigenvalue weighted by Crippen LogP contribution is -2.40. The van der Waals surface area contributed by atoms with Crippen LogP contribution in [0.5, 0.6) is 0 Å². The van der Waals surface area contributed by atoms with Crippen molar-refractivity contribution in [3.05, 3.63) is 53.3 Å². The molecule has 1 aromatic carbocycles. The van der Waals surface area contributed by atoms with Gasteiger partial charge in [0.15, 0.2) is 0 Å². The quantitative estimate of drug-likeness (QED) is 0.810. The fourth-order valence-corrected chi connectivity index (χ4v) is 3.62. The van der Waals surface area contributed by atoms with Gasteiger partial charge >= 0.3 is 5.97 Å². The smallest absolute Gasteiger partial charge is 0.327 e. The molecule has 1 saturated heterocycles. The Balaban J connectivity index is 1.76. The Hall–Kier alpha value is -2.14. The molecule has 2 aromatic rings. The maximum Gasteiger partial charge on any atom is 0.327 e. The van der Waals surface area contributed by atoms with Gasteiger partial charge in [-0.15, -0.1) is 0 Å². The number of benzene rings is 1. The molecule has 5 nitrogen and oxygen atoms in total. The van der Waals surface area contributed by atoms with Crippen molar-refractivity contribution in [2.24, 2.45) is 7.05 Å². The van der Waals surface area contributed by atoms with Crippen LogP contribution in [0.2, 0.25) is 0 Å². The lowest BCUT2D eigenvalue weighted by Gasteiger charge is -2.36. The van der Waals surface area contributed by atoms with E-state index in [1.807, 2.05) is 49.1 Å². The van der Waals surface area contributed by atoms with Gasteiger partial charge in [-0.2, -0.15) is 5.10 Å². The average molecular weight is 327 g/mol. The van der Waals surface area contributed by atoms with Gasteiger partial charge < -0.3 is 4.74 Å². The number of hydrogen-bond donors (Lipinski definition) is 0. The van der Waals surface area contributed by atoms with Crippen molar-refractivity contribution in [1.29, 1.82) is 0 Å². The Morgan fingerprint density at radius 2 is 2.00 bits per heavy atom.